The maximum atomic E-state index is 11.3. The second-order valence-corrected chi connectivity index (χ2v) is 3.68. The van der Waals surface area contributed by atoms with Gasteiger partial charge in [-0.25, -0.2) is 0 Å². The fraction of sp³-hybridized carbons (Fsp3) is 0.900. The van der Waals surface area contributed by atoms with Crippen LogP contribution < -0.4 is 10.6 Å². The van der Waals surface area contributed by atoms with Crippen LogP contribution in [0.25, 0.3) is 0 Å². The van der Waals surface area contributed by atoms with E-state index in [-0.39, 0.29) is 5.91 Å². The first-order valence-corrected chi connectivity index (χ1v) is 5.28. The van der Waals surface area contributed by atoms with E-state index >= 15 is 0 Å². The van der Waals surface area contributed by atoms with Crippen molar-refractivity contribution >= 4 is 5.91 Å². The molecule has 0 saturated heterocycles. The van der Waals surface area contributed by atoms with Crippen LogP contribution in [0.15, 0.2) is 0 Å². The zero-order chi connectivity index (χ0) is 9.68. The molecule has 0 aromatic carbocycles. The summed E-state index contributed by atoms with van der Waals surface area (Å²) < 4.78 is 0. The van der Waals surface area contributed by atoms with E-state index in [0.29, 0.717) is 12.5 Å². The fourth-order valence-electron chi connectivity index (χ4n) is 1.53. The molecule has 1 fully saturated rings. The lowest BCUT2D eigenvalue weighted by Crippen LogP contribution is -2.30. The van der Waals surface area contributed by atoms with Gasteiger partial charge in [-0.3, -0.25) is 4.79 Å². The third-order valence-corrected chi connectivity index (χ3v) is 2.57. The second kappa shape index (κ2) is 5.22. The summed E-state index contributed by atoms with van der Waals surface area (Å²) in [7, 11) is 0. The molecule has 1 aliphatic carbocycles. The van der Waals surface area contributed by atoms with E-state index in [1.165, 1.54) is 12.8 Å². The van der Waals surface area contributed by atoms with Gasteiger partial charge in [-0.2, -0.15) is 0 Å². The van der Waals surface area contributed by atoms with Gasteiger partial charge in [0.05, 0.1) is 0 Å². The molecule has 2 atom stereocenters. The monoisotopic (exact) mass is 184 g/mol. The Morgan fingerprint density at radius 3 is 2.77 bits per heavy atom. The van der Waals surface area contributed by atoms with Crippen LogP contribution in [-0.2, 0) is 4.79 Å². The number of amides is 1. The molecule has 1 rings (SSSR count). The van der Waals surface area contributed by atoms with Gasteiger partial charge in [0.15, 0.2) is 0 Å². The Balaban J connectivity index is 1.99. The lowest BCUT2D eigenvalue weighted by Gasteiger charge is -2.04. The Hall–Kier alpha value is -0.570. The number of carbonyl (C=O) groups excluding carboxylic acids is 1. The molecule has 2 unspecified atom stereocenters. The van der Waals surface area contributed by atoms with E-state index < -0.39 is 0 Å². The van der Waals surface area contributed by atoms with Crippen LogP contribution in [0.2, 0.25) is 0 Å². The van der Waals surface area contributed by atoms with Crippen molar-refractivity contribution in [2.45, 2.75) is 39.2 Å². The average Bonchev–Trinajstić information content (AvgIpc) is 2.84. The van der Waals surface area contributed by atoms with Crippen LogP contribution in [0, 0.1) is 5.92 Å². The molecule has 76 valence electrons. The van der Waals surface area contributed by atoms with Gasteiger partial charge in [-0.1, -0.05) is 20.3 Å². The molecule has 3 nitrogen and oxygen atoms in total. The zero-order valence-corrected chi connectivity index (χ0v) is 8.60. The molecular formula is C10H20N2O. The van der Waals surface area contributed by atoms with Crippen molar-refractivity contribution in [2.75, 3.05) is 13.1 Å². The Kier molecular flexibility index (Phi) is 4.22. The van der Waals surface area contributed by atoms with Gasteiger partial charge < -0.3 is 10.6 Å². The van der Waals surface area contributed by atoms with Crippen molar-refractivity contribution in [3.63, 3.8) is 0 Å². The molecule has 0 aliphatic heterocycles. The highest BCUT2D eigenvalue weighted by Gasteiger charge is 2.36. The van der Waals surface area contributed by atoms with Gasteiger partial charge in [0.2, 0.25) is 5.91 Å². The molecule has 13 heavy (non-hydrogen) atoms. The van der Waals surface area contributed by atoms with Crippen LogP contribution in [-0.4, -0.2) is 25.0 Å². The van der Waals surface area contributed by atoms with Crippen molar-refractivity contribution in [3.05, 3.63) is 0 Å². The smallest absolute Gasteiger partial charge is 0.221 e. The van der Waals surface area contributed by atoms with E-state index in [0.717, 1.165) is 19.0 Å². The number of hydrogen-bond donors (Lipinski definition) is 2. The Bertz CT molecular complexity index is 170. The number of carbonyl (C=O) groups is 1. The zero-order valence-electron chi connectivity index (χ0n) is 8.60. The van der Waals surface area contributed by atoms with E-state index in [1.54, 1.807) is 0 Å². The van der Waals surface area contributed by atoms with Crippen LogP contribution in [0.5, 0.6) is 0 Å². The van der Waals surface area contributed by atoms with E-state index in [4.69, 9.17) is 0 Å². The first-order chi connectivity index (χ1) is 6.27. The minimum Gasteiger partial charge on any atom is -0.353 e. The normalized spacial score (nSPS) is 25.7. The lowest BCUT2D eigenvalue weighted by atomic mass is 10.3. The molecule has 3 heteroatoms. The van der Waals surface area contributed by atoms with Gasteiger partial charge in [0.1, 0.15) is 0 Å². The molecule has 0 aromatic heterocycles. The SMILES string of the molecule is CCNCCC(=O)NC1CC1CC. The molecular weight excluding hydrogens is 164 g/mol. The molecule has 0 bridgehead atoms. The van der Waals surface area contributed by atoms with Crippen LogP contribution in [0.4, 0.5) is 0 Å². The molecule has 2 N–H and O–H groups in total. The lowest BCUT2D eigenvalue weighted by molar-refractivity contribution is -0.121. The minimum atomic E-state index is 0.196. The second-order valence-electron chi connectivity index (χ2n) is 3.68. The molecule has 1 aliphatic rings. The largest absolute Gasteiger partial charge is 0.353 e. The summed E-state index contributed by atoms with van der Waals surface area (Å²) in [5.41, 5.74) is 0. The maximum absolute atomic E-state index is 11.3. The molecule has 1 saturated carbocycles. The third kappa shape index (κ3) is 3.77. The Morgan fingerprint density at radius 1 is 1.46 bits per heavy atom. The van der Waals surface area contributed by atoms with Crippen LogP contribution >= 0.6 is 0 Å². The van der Waals surface area contributed by atoms with Gasteiger partial charge in [0.25, 0.3) is 0 Å². The predicted molar refractivity (Wildman–Crippen MR) is 53.5 cm³/mol. The first kappa shape index (κ1) is 10.5. The van der Waals surface area contributed by atoms with Crippen molar-refractivity contribution < 1.29 is 4.79 Å². The van der Waals surface area contributed by atoms with Crippen LogP contribution in [0.1, 0.15) is 33.1 Å². The summed E-state index contributed by atoms with van der Waals surface area (Å²) in [6, 6.07) is 0.485. The van der Waals surface area contributed by atoms with Crippen molar-refractivity contribution in [3.8, 4) is 0 Å². The minimum absolute atomic E-state index is 0.196. The van der Waals surface area contributed by atoms with E-state index in [2.05, 4.69) is 17.6 Å². The molecule has 1 amide bonds. The summed E-state index contributed by atoms with van der Waals surface area (Å²) in [6.45, 7) is 5.96. The average molecular weight is 184 g/mol. The van der Waals surface area contributed by atoms with E-state index in [1.807, 2.05) is 6.92 Å². The summed E-state index contributed by atoms with van der Waals surface area (Å²) in [6.07, 6.45) is 2.99. The van der Waals surface area contributed by atoms with Crippen molar-refractivity contribution in [1.82, 2.24) is 10.6 Å². The highest BCUT2D eigenvalue weighted by molar-refractivity contribution is 5.76. The summed E-state index contributed by atoms with van der Waals surface area (Å²) in [5, 5.41) is 6.17. The maximum Gasteiger partial charge on any atom is 0.221 e. The van der Waals surface area contributed by atoms with Crippen molar-refractivity contribution in [1.29, 1.82) is 0 Å². The van der Waals surface area contributed by atoms with Gasteiger partial charge in [-0.15, -0.1) is 0 Å². The quantitative estimate of drug-likeness (QED) is 0.602. The molecule has 0 spiro atoms. The van der Waals surface area contributed by atoms with E-state index in [9.17, 15) is 4.79 Å². The summed E-state index contributed by atoms with van der Waals surface area (Å²) in [5.74, 6) is 0.949. The van der Waals surface area contributed by atoms with Crippen molar-refractivity contribution in [2.24, 2.45) is 5.92 Å². The standard InChI is InChI=1S/C10H20N2O/c1-3-8-7-9(8)12-10(13)5-6-11-4-2/h8-9,11H,3-7H2,1-2H3,(H,12,13). The Morgan fingerprint density at radius 2 is 2.23 bits per heavy atom. The Labute approximate surface area is 80.3 Å². The van der Waals surface area contributed by atoms with Gasteiger partial charge >= 0.3 is 0 Å². The topological polar surface area (TPSA) is 41.1 Å². The number of nitrogens with one attached hydrogen (secondary N) is 2. The van der Waals surface area contributed by atoms with Gasteiger partial charge in [-0.05, 0) is 18.9 Å². The number of hydrogen-bond acceptors (Lipinski definition) is 2. The summed E-state index contributed by atoms with van der Waals surface area (Å²) >= 11 is 0. The fourth-order valence-corrected chi connectivity index (χ4v) is 1.53. The highest BCUT2D eigenvalue weighted by atomic mass is 16.1. The predicted octanol–water partition coefficient (Wildman–Crippen LogP) is 0.901. The molecule has 0 aromatic rings. The highest BCUT2D eigenvalue weighted by Crippen LogP contribution is 2.32. The molecule has 0 radical (unpaired) electrons. The van der Waals surface area contributed by atoms with Gasteiger partial charge in [0, 0.05) is 19.0 Å². The first-order valence-electron chi connectivity index (χ1n) is 5.28. The molecule has 0 heterocycles. The number of rotatable bonds is 6. The summed E-state index contributed by atoms with van der Waals surface area (Å²) in [4.78, 5) is 11.3. The van der Waals surface area contributed by atoms with Crippen LogP contribution in [0.3, 0.4) is 0 Å². The third-order valence-electron chi connectivity index (χ3n) is 2.57.